The normalized spacial score (nSPS) is 12.5. The molecule has 0 spiro atoms. The van der Waals surface area contributed by atoms with Gasteiger partial charge in [-0.25, -0.2) is 14.2 Å². The van der Waals surface area contributed by atoms with Gasteiger partial charge in [0.2, 0.25) is 0 Å². The van der Waals surface area contributed by atoms with Crippen molar-refractivity contribution >= 4 is 17.0 Å². The summed E-state index contributed by atoms with van der Waals surface area (Å²) in [4.78, 5) is 16.2. The van der Waals surface area contributed by atoms with Gasteiger partial charge in [0.1, 0.15) is 5.82 Å². The van der Waals surface area contributed by atoms with Crippen LogP contribution >= 0.6 is 0 Å². The van der Waals surface area contributed by atoms with Crippen molar-refractivity contribution in [3.63, 3.8) is 0 Å². The van der Waals surface area contributed by atoms with E-state index in [1.54, 1.807) is 18.2 Å². The van der Waals surface area contributed by atoms with Crippen molar-refractivity contribution in [3.05, 3.63) is 65.7 Å². The van der Waals surface area contributed by atoms with E-state index in [9.17, 15) is 18.0 Å². The fraction of sp³-hybridized carbons (Fsp3) is 0.176. The first-order valence-electron chi connectivity index (χ1n) is 7.19. The minimum atomic E-state index is -2.83. The molecular formula is C17H13F3N2O2. The molecular weight excluding hydrogens is 321 g/mol. The van der Waals surface area contributed by atoms with Crippen molar-refractivity contribution in [2.75, 3.05) is 0 Å². The lowest BCUT2D eigenvalue weighted by molar-refractivity contribution is 0.0233. The van der Waals surface area contributed by atoms with Crippen molar-refractivity contribution in [2.24, 2.45) is 0 Å². The molecule has 0 amide bonds. The smallest absolute Gasteiger partial charge is 0.338 e. The number of benzene rings is 2. The highest BCUT2D eigenvalue weighted by Crippen LogP contribution is 2.28. The van der Waals surface area contributed by atoms with E-state index in [1.807, 2.05) is 0 Å². The van der Waals surface area contributed by atoms with Gasteiger partial charge in [0.15, 0.2) is 11.9 Å². The van der Waals surface area contributed by atoms with E-state index >= 15 is 0 Å². The van der Waals surface area contributed by atoms with E-state index in [1.165, 1.54) is 31.2 Å². The number of hydrogen-bond acceptors (Lipinski definition) is 3. The number of ether oxygens (including phenoxy) is 1. The fourth-order valence-electron chi connectivity index (χ4n) is 2.45. The maximum atomic E-state index is 13.4. The van der Waals surface area contributed by atoms with Gasteiger partial charge in [-0.1, -0.05) is 18.2 Å². The Morgan fingerprint density at radius 1 is 1.17 bits per heavy atom. The number of nitrogens with zero attached hydrogens (tertiary/aromatic N) is 2. The number of halogens is 3. The van der Waals surface area contributed by atoms with Gasteiger partial charge in [0, 0.05) is 0 Å². The molecule has 0 aliphatic heterocycles. The number of carbonyl (C=O) groups is 1. The molecule has 0 aliphatic rings. The van der Waals surface area contributed by atoms with E-state index in [0.717, 1.165) is 10.6 Å². The summed E-state index contributed by atoms with van der Waals surface area (Å²) in [7, 11) is 0. The molecule has 2 aromatic carbocycles. The minimum absolute atomic E-state index is 0.00144. The lowest BCUT2D eigenvalue weighted by Gasteiger charge is -2.15. The van der Waals surface area contributed by atoms with Crippen molar-refractivity contribution in [1.82, 2.24) is 9.55 Å². The number of alkyl halides is 2. The van der Waals surface area contributed by atoms with E-state index < -0.39 is 24.4 Å². The zero-order valence-corrected chi connectivity index (χ0v) is 12.6. The summed E-state index contributed by atoms with van der Waals surface area (Å²) in [5.74, 6) is -1.47. The third kappa shape index (κ3) is 2.97. The molecule has 3 aromatic rings. The molecule has 0 aliphatic carbocycles. The van der Waals surface area contributed by atoms with Gasteiger partial charge in [0.05, 0.1) is 16.6 Å². The van der Waals surface area contributed by atoms with Crippen molar-refractivity contribution in [1.29, 1.82) is 0 Å². The number of carbonyl (C=O) groups excluding carboxylic acids is 1. The van der Waals surface area contributed by atoms with Crippen LogP contribution in [-0.2, 0) is 4.74 Å². The quantitative estimate of drug-likeness (QED) is 0.660. The first kappa shape index (κ1) is 16.0. The van der Waals surface area contributed by atoms with Crippen LogP contribution in [0.1, 0.15) is 35.8 Å². The Bertz CT molecular complexity index is 892. The highest BCUT2D eigenvalue weighted by Gasteiger charge is 2.24. The molecule has 1 heterocycles. The number of rotatable bonds is 4. The minimum Gasteiger partial charge on any atom is -0.451 e. The summed E-state index contributed by atoms with van der Waals surface area (Å²) >= 11 is 0. The van der Waals surface area contributed by atoms with Gasteiger partial charge < -0.3 is 4.74 Å². The summed E-state index contributed by atoms with van der Waals surface area (Å²) in [6.07, 6.45) is -1.03. The van der Waals surface area contributed by atoms with Crippen molar-refractivity contribution < 1.29 is 22.7 Å². The second kappa shape index (κ2) is 6.35. The second-order valence-electron chi connectivity index (χ2n) is 5.16. The van der Waals surface area contributed by atoms with Crippen LogP contribution in [0, 0.1) is 5.82 Å². The molecule has 0 bridgehead atoms. The Balaban J connectivity index is 1.92. The lowest BCUT2D eigenvalue weighted by atomic mass is 10.2. The fourth-order valence-corrected chi connectivity index (χ4v) is 2.45. The molecule has 7 heteroatoms. The molecule has 1 atom stereocenters. The van der Waals surface area contributed by atoms with Crippen LogP contribution < -0.4 is 0 Å². The Labute approximate surface area is 135 Å². The molecule has 4 nitrogen and oxygen atoms in total. The van der Waals surface area contributed by atoms with Crippen LogP contribution in [0.2, 0.25) is 0 Å². The predicted molar refractivity (Wildman–Crippen MR) is 81.2 cm³/mol. The summed E-state index contributed by atoms with van der Waals surface area (Å²) in [5, 5.41) is 0. The van der Waals surface area contributed by atoms with Crippen LogP contribution in [0.25, 0.3) is 11.0 Å². The van der Waals surface area contributed by atoms with Crippen LogP contribution in [0.15, 0.2) is 48.5 Å². The molecule has 3 rings (SSSR count). The number of imidazole rings is 1. The van der Waals surface area contributed by atoms with E-state index in [-0.39, 0.29) is 16.9 Å². The third-order valence-electron chi connectivity index (χ3n) is 3.53. The van der Waals surface area contributed by atoms with E-state index in [4.69, 9.17) is 4.74 Å². The number of aromatic nitrogens is 2. The van der Waals surface area contributed by atoms with Crippen LogP contribution in [0.4, 0.5) is 13.2 Å². The van der Waals surface area contributed by atoms with Gasteiger partial charge in [0.25, 0.3) is 0 Å². The van der Waals surface area contributed by atoms with E-state index in [0.29, 0.717) is 5.52 Å². The van der Waals surface area contributed by atoms with Crippen LogP contribution in [0.3, 0.4) is 0 Å². The molecule has 0 saturated heterocycles. The summed E-state index contributed by atoms with van der Waals surface area (Å²) < 4.78 is 45.9. The standard InChI is InChI=1S/C17H13F3N2O2/c1-10(24-16(23)11-5-4-6-12(18)9-11)15-21-13-7-2-3-8-14(13)22(15)17(19)20/h2-10,17H,1H3. The summed E-state index contributed by atoms with van der Waals surface area (Å²) in [6.45, 7) is -1.39. The Morgan fingerprint density at radius 2 is 1.92 bits per heavy atom. The van der Waals surface area contributed by atoms with Gasteiger partial charge in [-0.15, -0.1) is 0 Å². The zero-order valence-electron chi connectivity index (χ0n) is 12.6. The molecule has 0 saturated carbocycles. The van der Waals surface area contributed by atoms with Crippen LogP contribution in [-0.4, -0.2) is 15.5 Å². The molecule has 1 aromatic heterocycles. The van der Waals surface area contributed by atoms with Gasteiger partial charge in [-0.2, -0.15) is 8.78 Å². The first-order chi connectivity index (χ1) is 11.5. The average Bonchev–Trinajstić information content (AvgIpc) is 2.94. The highest BCUT2D eigenvalue weighted by molar-refractivity contribution is 5.89. The second-order valence-corrected chi connectivity index (χ2v) is 5.16. The maximum Gasteiger partial charge on any atom is 0.338 e. The Morgan fingerprint density at radius 3 is 2.62 bits per heavy atom. The third-order valence-corrected chi connectivity index (χ3v) is 3.53. The monoisotopic (exact) mass is 334 g/mol. The first-order valence-corrected chi connectivity index (χ1v) is 7.19. The van der Waals surface area contributed by atoms with Crippen LogP contribution in [0.5, 0.6) is 0 Å². The van der Waals surface area contributed by atoms with Crippen molar-refractivity contribution in [2.45, 2.75) is 19.6 Å². The SMILES string of the molecule is CC(OC(=O)c1cccc(F)c1)c1nc2ccccc2n1C(F)F. The predicted octanol–water partition coefficient (Wildman–Crippen LogP) is 4.49. The Kier molecular flexibility index (Phi) is 4.24. The summed E-state index contributed by atoms with van der Waals surface area (Å²) in [5.41, 5.74) is 0.624. The molecule has 0 N–H and O–H groups in total. The van der Waals surface area contributed by atoms with Crippen molar-refractivity contribution in [3.8, 4) is 0 Å². The number of hydrogen-bond donors (Lipinski definition) is 0. The molecule has 0 fully saturated rings. The van der Waals surface area contributed by atoms with E-state index in [2.05, 4.69) is 4.98 Å². The van der Waals surface area contributed by atoms with Gasteiger partial charge in [-0.05, 0) is 37.3 Å². The molecule has 1 unspecified atom stereocenters. The number of esters is 1. The lowest BCUT2D eigenvalue weighted by Crippen LogP contribution is -2.14. The molecule has 124 valence electrons. The maximum absolute atomic E-state index is 13.4. The highest BCUT2D eigenvalue weighted by atomic mass is 19.3. The number of fused-ring (bicyclic) bond motifs is 1. The number of para-hydroxylation sites is 2. The molecule has 24 heavy (non-hydrogen) atoms. The van der Waals surface area contributed by atoms with Gasteiger partial charge in [-0.3, -0.25) is 4.57 Å². The largest absolute Gasteiger partial charge is 0.451 e. The zero-order chi connectivity index (χ0) is 17.3. The topological polar surface area (TPSA) is 44.1 Å². The summed E-state index contributed by atoms with van der Waals surface area (Å²) in [6, 6.07) is 11.4. The Hall–Kier alpha value is -2.83. The molecule has 0 radical (unpaired) electrons. The van der Waals surface area contributed by atoms with Gasteiger partial charge >= 0.3 is 12.5 Å². The average molecular weight is 334 g/mol.